The van der Waals surface area contributed by atoms with Crippen molar-refractivity contribution < 1.29 is 33.8 Å². The van der Waals surface area contributed by atoms with Crippen LogP contribution in [0.2, 0.25) is 0 Å². The minimum absolute atomic E-state index is 0.0731. The standard InChI is InChI=1S/C33H40N4O7/c1-20-9-7-8-10-25(20)36-32(42)34-23-12-14-24(15-13-23)37-33(3,4)29(38)17-21(2)31(41)35-26(19-30(39)40)22-11-16-27(43-5)28(18-22)44-6/h7-16,18,21,26,37H,17,19H2,1-6H3,(H,35,41)(H,39,40)(H2,34,36,42)/t21?,26-/m0/s1. The average Bonchev–Trinajstić information content (AvgIpc) is 2.98. The molecule has 3 rings (SSSR count). The Hall–Kier alpha value is -5.06. The third kappa shape index (κ3) is 9.22. The second kappa shape index (κ2) is 14.9. The molecular formula is C33H40N4O7. The lowest BCUT2D eigenvalue weighted by molar-refractivity contribution is -0.138. The lowest BCUT2D eigenvalue weighted by Crippen LogP contribution is -2.43. The number of carbonyl (C=O) groups excluding carboxylic acids is 3. The highest BCUT2D eigenvalue weighted by Crippen LogP contribution is 2.31. The van der Waals surface area contributed by atoms with Gasteiger partial charge in [-0.2, -0.15) is 0 Å². The van der Waals surface area contributed by atoms with E-state index < -0.39 is 29.4 Å². The lowest BCUT2D eigenvalue weighted by Gasteiger charge is -2.28. The number of ether oxygens (including phenoxy) is 2. The van der Waals surface area contributed by atoms with Crippen LogP contribution in [0.25, 0.3) is 0 Å². The number of rotatable bonds is 14. The van der Waals surface area contributed by atoms with Gasteiger partial charge in [0.2, 0.25) is 5.91 Å². The van der Waals surface area contributed by atoms with Gasteiger partial charge in [0.1, 0.15) is 0 Å². The van der Waals surface area contributed by atoms with Crippen molar-refractivity contribution in [3.63, 3.8) is 0 Å². The number of para-hydroxylation sites is 1. The van der Waals surface area contributed by atoms with Crippen LogP contribution in [0.3, 0.4) is 0 Å². The number of carboxylic acid groups (broad SMARTS) is 1. The Kier molecular flexibility index (Phi) is 11.3. The molecule has 3 amide bonds. The summed E-state index contributed by atoms with van der Waals surface area (Å²) in [5.41, 5.74) is 2.39. The fourth-order valence-corrected chi connectivity index (χ4v) is 4.50. The number of carbonyl (C=O) groups is 4. The van der Waals surface area contributed by atoms with Crippen LogP contribution in [0.15, 0.2) is 66.7 Å². The summed E-state index contributed by atoms with van der Waals surface area (Å²) < 4.78 is 10.6. The molecule has 11 heteroatoms. The molecule has 234 valence electrons. The summed E-state index contributed by atoms with van der Waals surface area (Å²) in [4.78, 5) is 50.3. The first-order valence-corrected chi connectivity index (χ1v) is 14.1. The maximum atomic E-state index is 13.3. The van der Waals surface area contributed by atoms with Crippen molar-refractivity contribution in [2.24, 2.45) is 5.92 Å². The van der Waals surface area contributed by atoms with Crippen molar-refractivity contribution in [2.75, 3.05) is 30.2 Å². The van der Waals surface area contributed by atoms with E-state index in [9.17, 15) is 24.3 Å². The van der Waals surface area contributed by atoms with Gasteiger partial charge < -0.3 is 35.8 Å². The molecule has 0 aromatic heterocycles. The predicted octanol–water partition coefficient (Wildman–Crippen LogP) is 5.77. The van der Waals surface area contributed by atoms with Crippen molar-refractivity contribution in [2.45, 2.75) is 52.1 Å². The summed E-state index contributed by atoms with van der Waals surface area (Å²) in [5.74, 6) is -1.60. The van der Waals surface area contributed by atoms with Crippen molar-refractivity contribution in [1.82, 2.24) is 5.32 Å². The maximum absolute atomic E-state index is 13.3. The molecule has 0 saturated heterocycles. The average molecular weight is 605 g/mol. The van der Waals surface area contributed by atoms with Crippen molar-refractivity contribution in [3.8, 4) is 11.5 Å². The van der Waals surface area contributed by atoms with Crippen molar-refractivity contribution >= 4 is 40.8 Å². The second-order valence-corrected chi connectivity index (χ2v) is 11.0. The van der Waals surface area contributed by atoms with Crippen LogP contribution in [0.5, 0.6) is 11.5 Å². The number of hydrogen-bond donors (Lipinski definition) is 5. The highest BCUT2D eigenvalue weighted by atomic mass is 16.5. The monoisotopic (exact) mass is 604 g/mol. The molecule has 3 aromatic rings. The van der Waals surface area contributed by atoms with Gasteiger partial charge in [0.25, 0.3) is 0 Å². The second-order valence-electron chi connectivity index (χ2n) is 11.0. The fraction of sp³-hybridized carbons (Fsp3) is 0.333. The number of hydrogen-bond acceptors (Lipinski definition) is 7. The highest BCUT2D eigenvalue weighted by Gasteiger charge is 2.31. The van der Waals surface area contributed by atoms with E-state index >= 15 is 0 Å². The summed E-state index contributed by atoms with van der Waals surface area (Å²) in [6.07, 6.45) is -0.427. The molecule has 0 saturated carbocycles. The number of benzene rings is 3. The molecule has 44 heavy (non-hydrogen) atoms. The van der Waals surface area contributed by atoms with Gasteiger partial charge in [-0.05, 0) is 74.4 Å². The van der Waals surface area contributed by atoms with Gasteiger partial charge in [-0.3, -0.25) is 14.4 Å². The van der Waals surface area contributed by atoms with Gasteiger partial charge in [-0.15, -0.1) is 0 Å². The number of aryl methyl sites for hydroxylation is 1. The third-order valence-corrected chi connectivity index (χ3v) is 7.13. The predicted molar refractivity (Wildman–Crippen MR) is 169 cm³/mol. The van der Waals surface area contributed by atoms with Gasteiger partial charge in [0, 0.05) is 29.4 Å². The number of methoxy groups -OCH3 is 2. The summed E-state index contributed by atoms with van der Waals surface area (Å²) in [6, 6.07) is 18.1. The van der Waals surface area contributed by atoms with E-state index in [4.69, 9.17) is 9.47 Å². The highest BCUT2D eigenvalue weighted by molar-refractivity contribution is 6.00. The number of aliphatic carboxylic acids is 1. The van der Waals surface area contributed by atoms with Crippen LogP contribution in [0.1, 0.15) is 50.8 Å². The largest absolute Gasteiger partial charge is 0.493 e. The first-order valence-electron chi connectivity index (χ1n) is 14.1. The van der Waals surface area contributed by atoms with Gasteiger partial charge in [-0.25, -0.2) is 4.79 Å². The minimum Gasteiger partial charge on any atom is -0.493 e. The van der Waals surface area contributed by atoms with Gasteiger partial charge in [0.05, 0.1) is 32.2 Å². The molecule has 0 aliphatic heterocycles. The Morgan fingerprint density at radius 3 is 2.09 bits per heavy atom. The topological polar surface area (TPSA) is 155 Å². The summed E-state index contributed by atoms with van der Waals surface area (Å²) in [7, 11) is 2.96. The van der Waals surface area contributed by atoms with E-state index in [1.54, 1.807) is 63.2 Å². The molecule has 0 spiro atoms. The number of nitrogens with one attached hydrogen (secondary N) is 4. The Morgan fingerprint density at radius 1 is 0.841 bits per heavy atom. The number of Topliss-reactive ketones (excluding diaryl/α,β-unsaturated/α-hetero) is 1. The van der Waals surface area contributed by atoms with Crippen molar-refractivity contribution in [1.29, 1.82) is 0 Å². The zero-order valence-corrected chi connectivity index (χ0v) is 25.8. The van der Waals surface area contributed by atoms with Gasteiger partial charge in [0.15, 0.2) is 17.3 Å². The Balaban J connectivity index is 1.59. The van der Waals surface area contributed by atoms with Crippen LogP contribution in [0, 0.1) is 12.8 Å². The molecule has 0 aliphatic rings. The van der Waals surface area contributed by atoms with E-state index in [-0.39, 0.29) is 24.7 Å². The number of carboxylic acids is 1. The Bertz CT molecular complexity index is 1490. The van der Waals surface area contributed by atoms with E-state index in [0.29, 0.717) is 34.1 Å². The van der Waals surface area contributed by atoms with Crippen molar-refractivity contribution in [3.05, 3.63) is 77.9 Å². The van der Waals surface area contributed by atoms with Gasteiger partial charge in [-0.1, -0.05) is 31.2 Å². The van der Waals surface area contributed by atoms with Crippen LogP contribution in [-0.2, 0) is 14.4 Å². The van der Waals surface area contributed by atoms with E-state index in [1.807, 2.05) is 31.2 Å². The zero-order valence-electron chi connectivity index (χ0n) is 25.8. The Morgan fingerprint density at radius 2 is 1.48 bits per heavy atom. The molecule has 0 aliphatic carbocycles. The molecule has 0 bridgehead atoms. The molecule has 3 aromatic carbocycles. The first-order chi connectivity index (χ1) is 20.8. The summed E-state index contributed by atoms with van der Waals surface area (Å²) >= 11 is 0. The molecule has 1 unspecified atom stereocenters. The molecule has 0 fully saturated rings. The van der Waals surface area contributed by atoms with E-state index in [1.165, 1.54) is 14.2 Å². The summed E-state index contributed by atoms with van der Waals surface area (Å²) in [5, 5.41) is 21.0. The van der Waals surface area contributed by atoms with E-state index in [0.717, 1.165) is 5.56 Å². The molecule has 5 N–H and O–H groups in total. The SMILES string of the molecule is COc1ccc([C@H](CC(=O)O)NC(=O)C(C)CC(=O)C(C)(C)Nc2ccc(NC(=O)Nc3ccccc3C)cc2)cc1OC. The van der Waals surface area contributed by atoms with Crippen LogP contribution in [-0.4, -0.2) is 48.6 Å². The quantitative estimate of drug-likeness (QED) is 0.155. The minimum atomic E-state index is -1.09. The number of urea groups is 1. The zero-order chi connectivity index (χ0) is 32.4. The number of ketones is 1. The number of amides is 3. The molecular weight excluding hydrogens is 564 g/mol. The van der Waals surface area contributed by atoms with Gasteiger partial charge >= 0.3 is 12.0 Å². The van der Waals surface area contributed by atoms with Crippen LogP contribution >= 0.6 is 0 Å². The Labute approximate surface area is 257 Å². The molecule has 0 radical (unpaired) electrons. The first kappa shape index (κ1) is 33.4. The smallest absolute Gasteiger partial charge is 0.323 e. The van der Waals surface area contributed by atoms with Crippen LogP contribution in [0.4, 0.5) is 21.9 Å². The van der Waals surface area contributed by atoms with E-state index in [2.05, 4.69) is 21.3 Å². The number of anilines is 3. The molecule has 0 heterocycles. The normalized spacial score (nSPS) is 12.3. The summed E-state index contributed by atoms with van der Waals surface area (Å²) in [6.45, 7) is 6.97. The molecule has 2 atom stereocenters. The molecule has 11 nitrogen and oxygen atoms in total. The lowest BCUT2D eigenvalue weighted by atomic mass is 9.90. The fourth-order valence-electron chi connectivity index (χ4n) is 4.50. The van der Waals surface area contributed by atoms with Crippen LogP contribution < -0.4 is 30.7 Å². The maximum Gasteiger partial charge on any atom is 0.323 e. The third-order valence-electron chi connectivity index (χ3n) is 7.13.